The predicted molar refractivity (Wildman–Crippen MR) is 111 cm³/mol. The van der Waals surface area contributed by atoms with E-state index >= 15 is 0 Å². The maximum absolute atomic E-state index is 12.7. The molecule has 2 amide bonds. The number of carbonyl (C=O) groups excluding carboxylic acids is 2. The number of imidazole rings is 1. The van der Waals surface area contributed by atoms with Crippen molar-refractivity contribution >= 4 is 23.2 Å². The highest BCUT2D eigenvalue weighted by molar-refractivity contribution is 5.96. The molecule has 1 fully saturated rings. The van der Waals surface area contributed by atoms with Crippen molar-refractivity contribution in [2.75, 3.05) is 23.9 Å². The van der Waals surface area contributed by atoms with Crippen LogP contribution in [0.5, 0.6) is 5.75 Å². The molecule has 1 aliphatic rings. The van der Waals surface area contributed by atoms with E-state index in [1.807, 2.05) is 59.3 Å². The normalized spacial score (nSPS) is 16.1. The van der Waals surface area contributed by atoms with E-state index in [0.29, 0.717) is 13.0 Å². The molecule has 1 N–H and O–H groups in total. The summed E-state index contributed by atoms with van der Waals surface area (Å²) in [7, 11) is 1.61. The number of methoxy groups -OCH3 is 1. The first kappa shape index (κ1) is 18.7. The van der Waals surface area contributed by atoms with Crippen LogP contribution in [0.3, 0.4) is 0 Å². The quantitative estimate of drug-likeness (QED) is 0.723. The van der Waals surface area contributed by atoms with Crippen molar-refractivity contribution < 1.29 is 14.3 Å². The molecule has 3 aromatic rings. The predicted octanol–water partition coefficient (Wildman–Crippen LogP) is 3.50. The fraction of sp³-hybridized carbons (Fsp3) is 0.227. The number of amides is 2. The van der Waals surface area contributed by atoms with Crippen molar-refractivity contribution in [1.82, 2.24) is 9.55 Å². The average molecular weight is 390 g/mol. The summed E-state index contributed by atoms with van der Waals surface area (Å²) in [5.74, 6) is 1.48. The Kier molecular flexibility index (Phi) is 5.03. The summed E-state index contributed by atoms with van der Waals surface area (Å²) >= 11 is 0. The molecule has 4 rings (SSSR count). The number of rotatable bonds is 5. The maximum Gasteiger partial charge on any atom is 0.229 e. The van der Waals surface area contributed by atoms with Crippen molar-refractivity contribution in [3.8, 4) is 17.1 Å². The van der Waals surface area contributed by atoms with Crippen molar-refractivity contribution in [2.45, 2.75) is 19.4 Å². The molecule has 2 heterocycles. The van der Waals surface area contributed by atoms with Gasteiger partial charge in [-0.05, 0) is 36.4 Å². The number of carbonyl (C=O) groups is 2. The standard InChI is InChI=1S/C22H22N4O3/c1-15(27)24-17-8-6-16(7-9-17)22-23-10-11-25(22)19-13-21(28)26(14-19)18-4-3-5-20(12-18)29-2/h3-12,19H,13-14H2,1-2H3,(H,24,27)/t19-/m1/s1. The molecule has 0 unspecified atom stereocenters. The van der Waals surface area contributed by atoms with E-state index in [-0.39, 0.29) is 17.9 Å². The zero-order valence-corrected chi connectivity index (χ0v) is 16.3. The van der Waals surface area contributed by atoms with Gasteiger partial charge in [-0.15, -0.1) is 0 Å². The molecule has 0 saturated carbocycles. The molecule has 0 bridgehead atoms. The van der Waals surface area contributed by atoms with Crippen molar-refractivity contribution in [1.29, 1.82) is 0 Å². The Morgan fingerprint density at radius 1 is 1.21 bits per heavy atom. The lowest BCUT2D eigenvalue weighted by Crippen LogP contribution is -2.24. The molecular formula is C22H22N4O3. The molecule has 29 heavy (non-hydrogen) atoms. The highest BCUT2D eigenvalue weighted by Gasteiger charge is 2.33. The Morgan fingerprint density at radius 2 is 2.00 bits per heavy atom. The Bertz CT molecular complexity index is 1040. The van der Waals surface area contributed by atoms with E-state index in [1.165, 1.54) is 6.92 Å². The van der Waals surface area contributed by atoms with E-state index < -0.39 is 0 Å². The number of benzene rings is 2. The van der Waals surface area contributed by atoms with Crippen LogP contribution in [0, 0.1) is 0 Å². The van der Waals surface area contributed by atoms with Gasteiger partial charge in [-0.1, -0.05) is 6.07 Å². The topological polar surface area (TPSA) is 76.5 Å². The highest BCUT2D eigenvalue weighted by atomic mass is 16.5. The lowest BCUT2D eigenvalue weighted by atomic mass is 10.1. The van der Waals surface area contributed by atoms with E-state index in [9.17, 15) is 9.59 Å². The maximum atomic E-state index is 12.7. The van der Waals surface area contributed by atoms with Gasteiger partial charge in [0.1, 0.15) is 11.6 Å². The zero-order chi connectivity index (χ0) is 20.4. The molecule has 1 atom stereocenters. The second-order valence-corrected chi connectivity index (χ2v) is 6.98. The van der Waals surface area contributed by atoms with Crippen molar-refractivity contribution in [3.05, 3.63) is 60.9 Å². The van der Waals surface area contributed by atoms with E-state index in [1.54, 1.807) is 18.2 Å². The minimum absolute atomic E-state index is 0.0128. The summed E-state index contributed by atoms with van der Waals surface area (Å²) in [6, 6.07) is 15.0. The van der Waals surface area contributed by atoms with Gasteiger partial charge >= 0.3 is 0 Å². The second kappa shape index (κ2) is 7.79. The third-order valence-corrected chi connectivity index (χ3v) is 5.00. The Balaban J connectivity index is 1.57. The zero-order valence-electron chi connectivity index (χ0n) is 16.3. The van der Waals surface area contributed by atoms with Gasteiger partial charge in [0.25, 0.3) is 0 Å². The second-order valence-electron chi connectivity index (χ2n) is 6.98. The van der Waals surface area contributed by atoms with Crippen LogP contribution in [0.15, 0.2) is 60.9 Å². The van der Waals surface area contributed by atoms with Gasteiger partial charge in [0.05, 0.1) is 13.2 Å². The fourth-order valence-electron chi connectivity index (χ4n) is 3.64. The van der Waals surface area contributed by atoms with Gasteiger partial charge in [-0.2, -0.15) is 0 Å². The molecule has 1 aromatic heterocycles. The molecule has 148 valence electrons. The van der Waals surface area contributed by atoms with E-state index in [2.05, 4.69) is 10.3 Å². The van der Waals surface area contributed by atoms with Crippen molar-refractivity contribution in [3.63, 3.8) is 0 Å². The van der Waals surface area contributed by atoms with Gasteiger partial charge in [-0.3, -0.25) is 9.59 Å². The monoisotopic (exact) mass is 390 g/mol. The van der Waals surface area contributed by atoms with E-state index in [4.69, 9.17) is 4.74 Å². The molecule has 0 radical (unpaired) electrons. The first-order valence-electron chi connectivity index (χ1n) is 9.40. The van der Waals surface area contributed by atoms with Gasteiger partial charge in [0, 0.05) is 55.3 Å². The molecule has 0 aliphatic carbocycles. The Hall–Kier alpha value is -3.61. The SMILES string of the molecule is COc1cccc(N2C[C@H](n3ccnc3-c3ccc(NC(C)=O)cc3)CC2=O)c1. The summed E-state index contributed by atoms with van der Waals surface area (Å²) in [5.41, 5.74) is 2.49. The molecular weight excluding hydrogens is 368 g/mol. The van der Waals surface area contributed by atoms with Crippen LogP contribution in [0.2, 0.25) is 0 Å². The first-order valence-corrected chi connectivity index (χ1v) is 9.40. The Morgan fingerprint density at radius 3 is 2.72 bits per heavy atom. The molecule has 2 aromatic carbocycles. The lowest BCUT2D eigenvalue weighted by Gasteiger charge is -2.19. The largest absolute Gasteiger partial charge is 0.497 e. The van der Waals surface area contributed by atoms with Gasteiger partial charge in [0.15, 0.2) is 0 Å². The molecule has 1 aliphatic heterocycles. The number of hydrogen-bond donors (Lipinski definition) is 1. The number of nitrogens with one attached hydrogen (secondary N) is 1. The van der Waals surface area contributed by atoms with Crippen LogP contribution in [-0.2, 0) is 9.59 Å². The van der Waals surface area contributed by atoms with Crippen LogP contribution >= 0.6 is 0 Å². The third kappa shape index (κ3) is 3.85. The smallest absolute Gasteiger partial charge is 0.229 e. The van der Waals surface area contributed by atoms with Crippen LogP contribution < -0.4 is 15.0 Å². The van der Waals surface area contributed by atoms with Crippen LogP contribution in [0.1, 0.15) is 19.4 Å². The molecule has 7 heteroatoms. The summed E-state index contributed by atoms with van der Waals surface area (Å²) in [6.45, 7) is 2.05. The number of hydrogen-bond acceptors (Lipinski definition) is 4. The Labute approximate surface area is 168 Å². The van der Waals surface area contributed by atoms with Gasteiger partial charge < -0.3 is 19.5 Å². The summed E-state index contributed by atoms with van der Waals surface area (Å²) < 4.78 is 7.33. The average Bonchev–Trinajstić information content (AvgIpc) is 3.35. The van der Waals surface area contributed by atoms with Gasteiger partial charge in [0.2, 0.25) is 11.8 Å². The highest BCUT2D eigenvalue weighted by Crippen LogP contribution is 2.32. The number of ether oxygens (including phenoxy) is 1. The van der Waals surface area contributed by atoms with Crippen LogP contribution in [0.4, 0.5) is 11.4 Å². The summed E-state index contributed by atoms with van der Waals surface area (Å²) in [6.07, 6.45) is 4.06. The molecule has 0 spiro atoms. The van der Waals surface area contributed by atoms with E-state index in [0.717, 1.165) is 28.5 Å². The molecule has 7 nitrogen and oxygen atoms in total. The number of nitrogens with zero attached hydrogens (tertiary/aromatic N) is 3. The summed E-state index contributed by atoms with van der Waals surface area (Å²) in [4.78, 5) is 30.2. The van der Waals surface area contributed by atoms with Crippen LogP contribution in [-0.4, -0.2) is 35.0 Å². The third-order valence-electron chi connectivity index (χ3n) is 5.00. The fourth-order valence-corrected chi connectivity index (χ4v) is 3.64. The van der Waals surface area contributed by atoms with Crippen LogP contribution in [0.25, 0.3) is 11.4 Å². The minimum Gasteiger partial charge on any atom is -0.497 e. The number of aromatic nitrogens is 2. The van der Waals surface area contributed by atoms with Gasteiger partial charge in [-0.25, -0.2) is 4.98 Å². The first-order chi connectivity index (χ1) is 14.0. The minimum atomic E-state index is -0.110. The van der Waals surface area contributed by atoms with Crippen molar-refractivity contribution in [2.24, 2.45) is 0 Å². The summed E-state index contributed by atoms with van der Waals surface area (Å²) in [5, 5.41) is 2.76. The molecule has 1 saturated heterocycles. The number of anilines is 2. The lowest BCUT2D eigenvalue weighted by molar-refractivity contribution is -0.117.